The average Bonchev–Trinajstić information content (AvgIpc) is 2.68. The van der Waals surface area contributed by atoms with Crippen molar-refractivity contribution in [1.82, 2.24) is 14.6 Å². The smallest absolute Gasteiger partial charge is 0.358 e. The quantitative estimate of drug-likeness (QED) is 0.618. The number of rotatable bonds is 3. The van der Waals surface area contributed by atoms with Crippen LogP contribution in [-0.2, 0) is 10.0 Å². The molecular weight excluding hydrogens is 272 g/mol. The fraction of sp³-hybridized carbons (Fsp3) is 0.500. The highest BCUT2D eigenvalue weighted by Gasteiger charge is 2.26. The van der Waals surface area contributed by atoms with Crippen molar-refractivity contribution in [3.05, 3.63) is 28.4 Å². The minimum absolute atomic E-state index is 0.0139. The first-order valence-corrected chi connectivity index (χ1v) is 7.27. The summed E-state index contributed by atoms with van der Waals surface area (Å²) in [6.45, 7) is 2.20. The zero-order valence-electron chi connectivity index (χ0n) is 10.2. The number of nitrogens with zero attached hydrogens (tertiary/aromatic N) is 3. The molecule has 1 saturated heterocycles. The van der Waals surface area contributed by atoms with Crippen LogP contribution in [0.25, 0.3) is 0 Å². The van der Waals surface area contributed by atoms with Gasteiger partial charge in [0.25, 0.3) is 0 Å². The number of nitrogens with one attached hydrogen (secondary N) is 1. The van der Waals surface area contributed by atoms with E-state index in [-0.39, 0.29) is 10.7 Å². The topological polar surface area (TPSA) is 105 Å². The Morgan fingerprint density at radius 1 is 1.32 bits per heavy atom. The third-order valence-electron chi connectivity index (χ3n) is 2.84. The monoisotopic (exact) mass is 286 g/mol. The molecule has 1 fully saturated rings. The van der Waals surface area contributed by atoms with Gasteiger partial charge in [0.2, 0.25) is 10.0 Å². The summed E-state index contributed by atoms with van der Waals surface area (Å²) in [6, 6.07) is 2.32. The lowest BCUT2D eigenvalue weighted by molar-refractivity contribution is -0.389. The van der Waals surface area contributed by atoms with Gasteiger partial charge < -0.3 is 15.4 Å². The third-order valence-corrected chi connectivity index (χ3v) is 4.73. The van der Waals surface area contributed by atoms with Gasteiger partial charge in [-0.2, -0.15) is 4.31 Å². The molecule has 0 aliphatic carbocycles. The molecule has 2 heterocycles. The second-order valence-corrected chi connectivity index (χ2v) is 6.05. The van der Waals surface area contributed by atoms with Crippen molar-refractivity contribution in [3.63, 3.8) is 0 Å². The highest BCUT2D eigenvalue weighted by Crippen LogP contribution is 2.17. The van der Waals surface area contributed by atoms with Gasteiger partial charge in [-0.3, -0.25) is 0 Å². The fourth-order valence-electron chi connectivity index (χ4n) is 1.84. The standard InChI is InChI=1S/C10H14N4O4S/c15-14(16)10-3-2-9(8-12-10)19(17,18)13-6-1-4-11-5-7-13/h2-3,8,11H,1,4-7H2. The highest BCUT2D eigenvalue weighted by molar-refractivity contribution is 7.89. The molecule has 0 amide bonds. The van der Waals surface area contributed by atoms with E-state index in [1.54, 1.807) is 0 Å². The summed E-state index contributed by atoms with van der Waals surface area (Å²) in [4.78, 5) is 13.4. The first-order valence-electron chi connectivity index (χ1n) is 5.83. The molecule has 0 saturated carbocycles. The van der Waals surface area contributed by atoms with Crippen molar-refractivity contribution in [2.45, 2.75) is 11.3 Å². The molecule has 0 unspecified atom stereocenters. The lowest BCUT2D eigenvalue weighted by atomic mass is 10.4. The van der Waals surface area contributed by atoms with Crippen LogP contribution in [0.1, 0.15) is 6.42 Å². The molecule has 0 bridgehead atoms. The van der Waals surface area contributed by atoms with Crippen LogP contribution in [0.5, 0.6) is 0 Å². The van der Waals surface area contributed by atoms with Crippen molar-refractivity contribution >= 4 is 15.8 Å². The van der Waals surface area contributed by atoms with Crippen LogP contribution in [0.3, 0.4) is 0 Å². The van der Waals surface area contributed by atoms with E-state index >= 15 is 0 Å². The van der Waals surface area contributed by atoms with Crippen LogP contribution >= 0.6 is 0 Å². The van der Waals surface area contributed by atoms with E-state index < -0.39 is 14.9 Å². The molecule has 0 aromatic carbocycles. The van der Waals surface area contributed by atoms with Crippen molar-refractivity contribution in [2.24, 2.45) is 0 Å². The number of aromatic nitrogens is 1. The molecule has 104 valence electrons. The summed E-state index contributed by atoms with van der Waals surface area (Å²) >= 11 is 0. The van der Waals surface area contributed by atoms with Crippen molar-refractivity contribution in [3.8, 4) is 0 Å². The Hall–Kier alpha value is -1.58. The Bertz CT molecular complexity index is 549. The van der Waals surface area contributed by atoms with Crippen molar-refractivity contribution < 1.29 is 13.3 Å². The second-order valence-electron chi connectivity index (χ2n) is 4.12. The summed E-state index contributed by atoms with van der Waals surface area (Å²) in [5.74, 6) is -0.364. The highest BCUT2D eigenvalue weighted by atomic mass is 32.2. The Labute approximate surface area is 110 Å². The van der Waals surface area contributed by atoms with Crippen LogP contribution in [0.4, 0.5) is 5.82 Å². The normalized spacial score (nSPS) is 17.9. The Morgan fingerprint density at radius 2 is 2.11 bits per heavy atom. The molecular formula is C10H14N4O4S. The predicted octanol–water partition coefficient (Wildman–Crippen LogP) is -0.0262. The first kappa shape index (κ1) is 13.8. The van der Waals surface area contributed by atoms with E-state index in [1.807, 2.05) is 0 Å². The molecule has 9 heteroatoms. The van der Waals surface area contributed by atoms with Crippen LogP contribution < -0.4 is 5.32 Å². The maximum absolute atomic E-state index is 12.3. The van der Waals surface area contributed by atoms with Crippen molar-refractivity contribution in [1.29, 1.82) is 0 Å². The summed E-state index contributed by atoms with van der Waals surface area (Å²) < 4.78 is 26.0. The predicted molar refractivity (Wildman–Crippen MR) is 67.1 cm³/mol. The van der Waals surface area contributed by atoms with Gasteiger partial charge in [0.15, 0.2) is 6.20 Å². The summed E-state index contributed by atoms with van der Waals surface area (Å²) in [5.41, 5.74) is 0. The van der Waals surface area contributed by atoms with Crippen LogP contribution in [0.15, 0.2) is 23.2 Å². The number of sulfonamides is 1. The molecule has 1 N–H and O–H groups in total. The molecule has 1 aliphatic rings. The van der Waals surface area contributed by atoms with Crippen molar-refractivity contribution in [2.75, 3.05) is 26.2 Å². The minimum Gasteiger partial charge on any atom is -0.358 e. The molecule has 2 rings (SSSR count). The second kappa shape index (κ2) is 5.59. The van der Waals surface area contributed by atoms with E-state index in [0.29, 0.717) is 19.6 Å². The Balaban J connectivity index is 2.25. The fourth-order valence-corrected chi connectivity index (χ4v) is 3.27. The summed E-state index contributed by atoms with van der Waals surface area (Å²) in [6.07, 6.45) is 1.77. The van der Waals surface area contributed by atoms with E-state index in [1.165, 1.54) is 10.4 Å². The zero-order valence-corrected chi connectivity index (χ0v) is 11.0. The van der Waals surface area contributed by atoms with Crippen LogP contribution in [-0.4, -0.2) is 48.8 Å². The molecule has 1 aromatic rings. The number of hydrogen-bond acceptors (Lipinski definition) is 6. The lowest BCUT2D eigenvalue weighted by Gasteiger charge is -2.18. The summed E-state index contributed by atoms with van der Waals surface area (Å²) in [7, 11) is -3.62. The van der Waals surface area contributed by atoms with E-state index in [2.05, 4.69) is 10.3 Å². The summed E-state index contributed by atoms with van der Waals surface area (Å²) in [5, 5.41) is 13.6. The van der Waals surface area contributed by atoms with E-state index in [4.69, 9.17) is 0 Å². The van der Waals surface area contributed by atoms with Crippen LogP contribution in [0.2, 0.25) is 0 Å². The molecule has 1 aromatic heterocycles. The SMILES string of the molecule is O=[N+]([O-])c1ccc(S(=O)(=O)N2CCCNCC2)cn1. The molecule has 0 spiro atoms. The lowest BCUT2D eigenvalue weighted by Crippen LogP contribution is -2.34. The van der Waals surface area contributed by atoms with Gasteiger partial charge in [0.1, 0.15) is 4.90 Å². The average molecular weight is 286 g/mol. The van der Waals surface area contributed by atoms with Gasteiger partial charge >= 0.3 is 5.82 Å². The number of nitro groups is 1. The minimum atomic E-state index is -3.62. The Morgan fingerprint density at radius 3 is 2.74 bits per heavy atom. The zero-order chi connectivity index (χ0) is 13.9. The van der Waals surface area contributed by atoms with E-state index in [9.17, 15) is 18.5 Å². The molecule has 19 heavy (non-hydrogen) atoms. The maximum Gasteiger partial charge on any atom is 0.363 e. The molecule has 1 aliphatic heterocycles. The van der Waals surface area contributed by atoms with Gasteiger partial charge in [-0.05, 0) is 28.9 Å². The number of hydrogen-bond donors (Lipinski definition) is 1. The third kappa shape index (κ3) is 3.06. The van der Waals surface area contributed by atoms with Crippen LogP contribution in [0, 0.1) is 10.1 Å². The van der Waals surface area contributed by atoms with Gasteiger partial charge in [-0.15, -0.1) is 0 Å². The van der Waals surface area contributed by atoms with Gasteiger partial charge in [0.05, 0.1) is 0 Å². The van der Waals surface area contributed by atoms with Gasteiger partial charge in [-0.25, -0.2) is 8.42 Å². The van der Waals surface area contributed by atoms with E-state index in [0.717, 1.165) is 25.2 Å². The Kier molecular flexibility index (Phi) is 4.08. The van der Waals surface area contributed by atoms with Gasteiger partial charge in [-0.1, -0.05) is 0 Å². The number of pyridine rings is 1. The first-order chi connectivity index (χ1) is 9.01. The largest absolute Gasteiger partial charge is 0.363 e. The van der Waals surface area contributed by atoms with Gasteiger partial charge in [0, 0.05) is 25.7 Å². The maximum atomic E-state index is 12.3. The molecule has 0 radical (unpaired) electrons. The molecule has 0 atom stereocenters. The molecule has 8 nitrogen and oxygen atoms in total.